The van der Waals surface area contributed by atoms with E-state index in [1.165, 1.54) is 18.2 Å². The Labute approximate surface area is 95.5 Å². The minimum atomic E-state index is -1.08. The first-order valence-corrected chi connectivity index (χ1v) is 4.76. The van der Waals surface area contributed by atoms with Gasteiger partial charge in [-0.15, -0.1) is 0 Å². The molecule has 1 heterocycles. The lowest BCUT2D eigenvalue weighted by Gasteiger charge is -2.00. The number of non-ortho nitro benzene ring substituents is 1. The molecule has 0 fully saturated rings. The van der Waals surface area contributed by atoms with Gasteiger partial charge in [0.25, 0.3) is 5.69 Å². The fraction of sp³-hybridized carbons (Fsp3) is 0.200. The highest BCUT2D eigenvalue weighted by molar-refractivity contribution is 5.97. The van der Waals surface area contributed by atoms with Gasteiger partial charge in [-0.3, -0.25) is 10.1 Å². The van der Waals surface area contributed by atoms with Gasteiger partial charge in [-0.25, -0.2) is 9.79 Å². The van der Waals surface area contributed by atoms with Gasteiger partial charge < -0.3 is 9.84 Å². The van der Waals surface area contributed by atoms with Crippen LogP contribution in [0.3, 0.4) is 0 Å². The van der Waals surface area contributed by atoms with Gasteiger partial charge in [0.05, 0.1) is 4.92 Å². The topological polar surface area (TPSA) is 102 Å². The molecule has 0 bridgehead atoms. The van der Waals surface area contributed by atoms with Crippen molar-refractivity contribution >= 4 is 17.6 Å². The number of nitrogens with zero attached hydrogens (tertiary/aromatic N) is 2. The van der Waals surface area contributed by atoms with Gasteiger partial charge in [-0.2, -0.15) is 0 Å². The van der Waals surface area contributed by atoms with Gasteiger partial charge in [0, 0.05) is 17.7 Å². The van der Waals surface area contributed by atoms with E-state index in [1.54, 1.807) is 6.07 Å². The highest BCUT2D eigenvalue weighted by atomic mass is 16.6. The minimum absolute atomic E-state index is 0.0483. The molecule has 0 aromatic heterocycles. The van der Waals surface area contributed by atoms with Crippen LogP contribution in [0.25, 0.3) is 0 Å². The maximum Gasteiger partial charge on any atom is 0.332 e. The van der Waals surface area contributed by atoms with Gasteiger partial charge in [-0.05, 0) is 6.07 Å². The maximum absolute atomic E-state index is 10.7. The number of aliphatic imine (C=N–C) groups is 1. The summed E-state index contributed by atoms with van der Waals surface area (Å²) in [5.74, 6) is -0.952. The second kappa shape index (κ2) is 4.20. The van der Waals surface area contributed by atoms with E-state index in [0.29, 0.717) is 5.56 Å². The summed E-state index contributed by atoms with van der Waals surface area (Å²) in [6.07, 6.45) is 0. The van der Waals surface area contributed by atoms with E-state index in [1.807, 2.05) is 0 Å². The lowest BCUT2D eigenvalue weighted by Crippen LogP contribution is -2.18. The summed E-state index contributed by atoms with van der Waals surface area (Å²) >= 11 is 0. The summed E-state index contributed by atoms with van der Waals surface area (Å²) in [6.45, 7) is -0.0483. The van der Waals surface area contributed by atoms with Crippen LogP contribution in [0, 0.1) is 10.1 Å². The van der Waals surface area contributed by atoms with Crippen LogP contribution >= 0.6 is 0 Å². The first-order valence-electron chi connectivity index (χ1n) is 4.76. The van der Waals surface area contributed by atoms with Crippen molar-refractivity contribution < 1.29 is 19.6 Å². The fourth-order valence-electron chi connectivity index (χ4n) is 1.41. The van der Waals surface area contributed by atoms with Crippen LogP contribution in [0.4, 0.5) is 5.69 Å². The van der Waals surface area contributed by atoms with Crippen LogP contribution in [-0.2, 0) is 9.53 Å². The Kier molecular flexibility index (Phi) is 2.73. The van der Waals surface area contributed by atoms with Crippen molar-refractivity contribution in [2.45, 2.75) is 6.04 Å². The van der Waals surface area contributed by atoms with Gasteiger partial charge >= 0.3 is 5.97 Å². The third-order valence-corrected chi connectivity index (χ3v) is 2.24. The highest BCUT2D eigenvalue weighted by Gasteiger charge is 2.26. The number of carboxylic acids is 1. The molecule has 0 aliphatic carbocycles. The molecule has 0 radical (unpaired) electrons. The maximum atomic E-state index is 10.7. The summed E-state index contributed by atoms with van der Waals surface area (Å²) in [4.78, 5) is 24.5. The van der Waals surface area contributed by atoms with Crippen LogP contribution in [0.1, 0.15) is 5.56 Å². The normalized spacial score (nSPS) is 18.4. The predicted octanol–water partition coefficient (Wildman–Crippen LogP) is 0.825. The van der Waals surface area contributed by atoms with E-state index in [0.717, 1.165) is 0 Å². The predicted molar refractivity (Wildman–Crippen MR) is 57.0 cm³/mol. The minimum Gasteiger partial charge on any atom is -0.480 e. The summed E-state index contributed by atoms with van der Waals surface area (Å²) in [5.41, 5.74) is 0.315. The SMILES string of the molecule is O=C(O)C1COC(c2cccc([N+](=O)[O-])c2)=N1. The molecule has 0 spiro atoms. The number of ether oxygens (including phenoxy) is 1. The van der Waals surface area contributed by atoms with E-state index >= 15 is 0 Å². The smallest absolute Gasteiger partial charge is 0.332 e. The standard InChI is InChI=1S/C10H8N2O5/c13-10(14)8-5-17-9(11-8)6-2-1-3-7(4-6)12(15)16/h1-4,8H,5H2,(H,13,14). The second-order valence-corrected chi connectivity index (χ2v) is 3.41. The number of hydrogen-bond acceptors (Lipinski definition) is 5. The molecule has 1 aliphatic heterocycles. The van der Waals surface area contributed by atoms with Crippen molar-refractivity contribution in [3.63, 3.8) is 0 Å². The molecule has 0 amide bonds. The zero-order valence-corrected chi connectivity index (χ0v) is 8.57. The van der Waals surface area contributed by atoms with E-state index in [-0.39, 0.29) is 18.2 Å². The number of carbonyl (C=O) groups is 1. The van der Waals surface area contributed by atoms with Crippen LogP contribution < -0.4 is 0 Å². The Bertz CT molecular complexity index is 511. The molecule has 17 heavy (non-hydrogen) atoms. The zero-order chi connectivity index (χ0) is 12.4. The van der Waals surface area contributed by atoms with Gasteiger partial charge in [0.15, 0.2) is 6.04 Å². The van der Waals surface area contributed by atoms with Crippen molar-refractivity contribution in [2.75, 3.05) is 6.61 Å². The molecule has 1 aliphatic rings. The number of aliphatic carboxylic acids is 1. The third kappa shape index (κ3) is 2.22. The lowest BCUT2D eigenvalue weighted by molar-refractivity contribution is -0.384. The molecule has 0 saturated heterocycles. The van der Waals surface area contributed by atoms with Crippen molar-refractivity contribution in [3.05, 3.63) is 39.9 Å². The summed E-state index contributed by atoms with van der Waals surface area (Å²) < 4.78 is 5.09. The van der Waals surface area contributed by atoms with Crippen LogP contribution in [0.5, 0.6) is 0 Å². The van der Waals surface area contributed by atoms with E-state index in [2.05, 4.69) is 4.99 Å². The molecule has 88 valence electrons. The van der Waals surface area contributed by atoms with Crippen molar-refractivity contribution in [2.24, 2.45) is 4.99 Å². The van der Waals surface area contributed by atoms with E-state index < -0.39 is 16.9 Å². The highest BCUT2D eigenvalue weighted by Crippen LogP contribution is 2.17. The molecule has 7 heteroatoms. The molecule has 1 aromatic carbocycles. The molecule has 1 atom stereocenters. The van der Waals surface area contributed by atoms with Gasteiger partial charge in [0.2, 0.25) is 5.90 Å². The quantitative estimate of drug-likeness (QED) is 0.618. The average molecular weight is 236 g/mol. The Morgan fingerprint density at radius 3 is 2.94 bits per heavy atom. The molecule has 7 nitrogen and oxygen atoms in total. The van der Waals surface area contributed by atoms with Crippen molar-refractivity contribution in [1.29, 1.82) is 0 Å². The number of benzene rings is 1. The number of rotatable bonds is 3. The van der Waals surface area contributed by atoms with E-state index in [4.69, 9.17) is 9.84 Å². The van der Waals surface area contributed by atoms with Crippen molar-refractivity contribution in [3.8, 4) is 0 Å². The molecular formula is C10H8N2O5. The van der Waals surface area contributed by atoms with Crippen molar-refractivity contribution in [1.82, 2.24) is 0 Å². The monoisotopic (exact) mass is 236 g/mol. The second-order valence-electron chi connectivity index (χ2n) is 3.41. The lowest BCUT2D eigenvalue weighted by atomic mass is 10.2. The average Bonchev–Trinajstić information content (AvgIpc) is 2.78. The number of nitro benzene ring substituents is 1. The molecule has 0 saturated carbocycles. The fourth-order valence-corrected chi connectivity index (χ4v) is 1.41. The Balaban J connectivity index is 2.29. The van der Waals surface area contributed by atoms with Crippen LogP contribution in [0.2, 0.25) is 0 Å². The summed E-state index contributed by atoms with van der Waals surface area (Å²) in [6, 6.07) is 4.77. The van der Waals surface area contributed by atoms with E-state index in [9.17, 15) is 14.9 Å². The molecular weight excluding hydrogens is 228 g/mol. The van der Waals surface area contributed by atoms with Crippen LogP contribution in [0.15, 0.2) is 29.3 Å². The molecule has 2 rings (SSSR count). The van der Waals surface area contributed by atoms with Gasteiger partial charge in [-0.1, -0.05) is 6.07 Å². The first kappa shape index (κ1) is 11.1. The Hall–Kier alpha value is -2.44. The number of nitro groups is 1. The largest absolute Gasteiger partial charge is 0.480 e. The first-order chi connectivity index (χ1) is 8.08. The number of hydrogen-bond donors (Lipinski definition) is 1. The number of carboxylic acid groups (broad SMARTS) is 1. The van der Waals surface area contributed by atoms with Crippen LogP contribution in [-0.4, -0.2) is 34.5 Å². The Morgan fingerprint density at radius 2 is 2.35 bits per heavy atom. The third-order valence-electron chi connectivity index (χ3n) is 2.24. The molecule has 1 unspecified atom stereocenters. The molecule has 1 aromatic rings. The summed E-state index contributed by atoms with van der Waals surface area (Å²) in [5, 5.41) is 19.3. The zero-order valence-electron chi connectivity index (χ0n) is 8.57. The van der Waals surface area contributed by atoms with Gasteiger partial charge in [0.1, 0.15) is 6.61 Å². The Morgan fingerprint density at radius 1 is 1.59 bits per heavy atom. The summed E-state index contributed by atoms with van der Waals surface area (Å²) in [7, 11) is 0. The molecule has 1 N–H and O–H groups in total.